The Bertz CT molecular complexity index is 849. The molecule has 0 bridgehead atoms. The molecule has 3 aromatic rings. The van der Waals surface area contributed by atoms with E-state index in [9.17, 15) is 0 Å². The van der Waals surface area contributed by atoms with Gasteiger partial charge < -0.3 is 5.32 Å². The van der Waals surface area contributed by atoms with Crippen molar-refractivity contribution in [1.82, 2.24) is 14.4 Å². The van der Waals surface area contributed by atoms with E-state index in [1.54, 1.807) is 6.20 Å². The zero-order valence-electron chi connectivity index (χ0n) is 13.7. The van der Waals surface area contributed by atoms with Gasteiger partial charge in [-0.3, -0.25) is 4.40 Å². The molecule has 5 heteroatoms. The fourth-order valence-electron chi connectivity index (χ4n) is 3.46. The number of imidazole rings is 1. The van der Waals surface area contributed by atoms with Gasteiger partial charge in [0.1, 0.15) is 11.5 Å². The van der Waals surface area contributed by atoms with Crippen molar-refractivity contribution in [2.24, 2.45) is 5.92 Å². The van der Waals surface area contributed by atoms with Crippen LogP contribution in [0.1, 0.15) is 32.6 Å². The van der Waals surface area contributed by atoms with Gasteiger partial charge in [0.15, 0.2) is 0 Å². The lowest BCUT2D eigenvalue weighted by molar-refractivity contribution is 0.361. The number of halogens is 1. The summed E-state index contributed by atoms with van der Waals surface area (Å²) in [7, 11) is 0. The van der Waals surface area contributed by atoms with Crippen molar-refractivity contribution in [3.63, 3.8) is 0 Å². The minimum Gasteiger partial charge on any atom is -0.367 e. The predicted octanol–water partition coefficient (Wildman–Crippen LogP) is 5.15. The Morgan fingerprint density at radius 2 is 2.00 bits per heavy atom. The van der Waals surface area contributed by atoms with Gasteiger partial charge in [0.05, 0.1) is 0 Å². The number of hydrogen-bond donors (Lipinski definition) is 1. The molecule has 4 rings (SSSR count). The highest BCUT2D eigenvalue weighted by atomic mass is 79.9. The third-order valence-corrected chi connectivity index (χ3v) is 5.35. The number of benzene rings is 1. The van der Waals surface area contributed by atoms with Gasteiger partial charge in [-0.05, 0) is 49.8 Å². The molecule has 1 aliphatic rings. The molecule has 1 aromatic carbocycles. The zero-order valence-corrected chi connectivity index (χ0v) is 15.3. The van der Waals surface area contributed by atoms with Crippen LogP contribution in [0.5, 0.6) is 0 Å². The summed E-state index contributed by atoms with van der Waals surface area (Å²) in [6.45, 7) is 2.35. The fraction of sp³-hybridized carbons (Fsp3) is 0.368. The first-order valence-corrected chi connectivity index (χ1v) is 9.35. The Morgan fingerprint density at radius 1 is 1.17 bits per heavy atom. The molecule has 0 atom stereocenters. The largest absolute Gasteiger partial charge is 0.367 e. The quantitative estimate of drug-likeness (QED) is 0.678. The Labute approximate surface area is 150 Å². The molecule has 2 heterocycles. The minimum atomic E-state index is 0.507. The van der Waals surface area contributed by atoms with Crippen LogP contribution in [0.3, 0.4) is 0 Å². The number of aromatic nitrogens is 3. The SMILES string of the molecule is CC1CCC(Nc2c(-c3cccc(Br)c3)nc3ncccn23)CC1. The van der Waals surface area contributed by atoms with Crippen LogP contribution in [0.25, 0.3) is 17.0 Å². The second kappa shape index (κ2) is 6.55. The Balaban J connectivity index is 1.76. The molecule has 1 aliphatic carbocycles. The van der Waals surface area contributed by atoms with Crippen molar-refractivity contribution in [1.29, 1.82) is 0 Å². The first-order valence-electron chi connectivity index (χ1n) is 8.56. The number of hydrogen-bond acceptors (Lipinski definition) is 3. The molecule has 0 radical (unpaired) electrons. The molecular formula is C19H21BrN4. The second-order valence-corrected chi connectivity index (χ2v) is 7.63. The molecule has 0 amide bonds. The lowest BCUT2D eigenvalue weighted by atomic mass is 9.87. The molecule has 24 heavy (non-hydrogen) atoms. The van der Waals surface area contributed by atoms with Crippen LogP contribution >= 0.6 is 15.9 Å². The summed E-state index contributed by atoms with van der Waals surface area (Å²) in [4.78, 5) is 9.19. The summed E-state index contributed by atoms with van der Waals surface area (Å²) in [6, 6.07) is 10.7. The number of anilines is 1. The van der Waals surface area contributed by atoms with Crippen LogP contribution in [0.4, 0.5) is 5.82 Å². The molecule has 124 valence electrons. The third kappa shape index (κ3) is 3.05. The van der Waals surface area contributed by atoms with Gasteiger partial charge in [-0.25, -0.2) is 9.97 Å². The normalized spacial score (nSPS) is 21.1. The van der Waals surface area contributed by atoms with Gasteiger partial charge in [-0.1, -0.05) is 35.0 Å². The lowest BCUT2D eigenvalue weighted by Crippen LogP contribution is -2.26. The number of nitrogens with one attached hydrogen (secondary N) is 1. The highest BCUT2D eigenvalue weighted by Gasteiger charge is 2.22. The number of fused-ring (bicyclic) bond motifs is 1. The summed E-state index contributed by atoms with van der Waals surface area (Å²) in [5, 5.41) is 3.76. The molecule has 1 saturated carbocycles. The van der Waals surface area contributed by atoms with Gasteiger partial charge in [0, 0.05) is 28.5 Å². The van der Waals surface area contributed by atoms with E-state index in [4.69, 9.17) is 4.98 Å². The second-order valence-electron chi connectivity index (χ2n) is 6.71. The Hall–Kier alpha value is -1.88. The maximum Gasteiger partial charge on any atom is 0.235 e. The molecule has 1 fully saturated rings. The summed E-state index contributed by atoms with van der Waals surface area (Å²) < 4.78 is 3.12. The molecule has 0 aliphatic heterocycles. The summed E-state index contributed by atoms with van der Waals surface area (Å²) in [6.07, 6.45) is 8.83. The first kappa shape index (κ1) is 15.6. The predicted molar refractivity (Wildman–Crippen MR) is 101 cm³/mol. The highest BCUT2D eigenvalue weighted by Crippen LogP contribution is 2.33. The first-order chi connectivity index (χ1) is 11.7. The van der Waals surface area contributed by atoms with Crippen LogP contribution in [0.2, 0.25) is 0 Å². The standard InChI is InChI=1S/C19H21BrN4/c1-13-6-8-16(9-7-13)22-18-17(14-4-2-5-15(20)12-14)23-19-21-10-3-11-24(18)19/h2-5,10-13,16,22H,6-9H2,1H3. The highest BCUT2D eigenvalue weighted by molar-refractivity contribution is 9.10. The number of nitrogens with zero attached hydrogens (tertiary/aromatic N) is 3. The molecule has 0 spiro atoms. The fourth-order valence-corrected chi connectivity index (χ4v) is 3.86. The Morgan fingerprint density at radius 3 is 2.79 bits per heavy atom. The minimum absolute atomic E-state index is 0.507. The smallest absolute Gasteiger partial charge is 0.235 e. The van der Waals surface area contributed by atoms with Crippen LogP contribution < -0.4 is 5.32 Å². The molecule has 1 N–H and O–H groups in total. The molecule has 4 nitrogen and oxygen atoms in total. The van der Waals surface area contributed by atoms with Gasteiger partial charge in [-0.2, -0.15) is 0 Å². The van der Waals surface area contributed by atoms with E-state index in [1.165, 1.54) is 25.7 Å². The van der Waals surface area contributed by atoms with Crippen LogP contribution in [-0.4, -0.2) is 20.4 Å². The Kier molecular flexibility index (Phi) is 4.27. The lowest BCUT2D eigenvalue weighted by Gasteiger charge is -2.27. The van der Waals surface area contributed by atoms with Gasteiger partial charge >= 0.3 is 0 Å². The van der Waals surface area contributed by atoms with Gasteiger partial charge in [-0.15, -0.1) is 0 Å². The third-order valence-electron chi connectivity index (χ3n) is 4.86. The molecular weight excluding hydrogens is 364 g/mol. The van der Waals surface area contributed by atoms with E-state index in [1.807, 2.05) is 24.4 Å². The molecule has 0 unspecified atom stereocenters. The maximum absolute atomic E-state index is 4.77. The summed E-state index contributed by atoms with van der Waals surface area (Å²) in [5.41, 5.74) is 2.06. The summed E-state index contributed by atoms with van der Waals surface area (Å²) in [5.74, 6) is 2.63. The molecule has 2 aromatic heterocycles. The van der Waals surface area contributed by atoms with Crippen molar-refractivity contribution in [2.75, 3.05) is 5.32 Å². The van der Waals surface area contributed by atoms with Crippen molar-refractivity contribution < 1.29 is 0 Å². The van der Waals surface area contributed by atoms with E-state index in [2.05, 4.69) is 49.7 Å². The monoisotopic (exact) mass is 384 g/mol. The number of rotatable bonds is 3. The van der Waals surface area contributed by atoms with Crippen molar-refractivity contribution in [3.05, 3.63) is 47.2 Å². The van der Waals surface area contributed by atoms with E-state index < -0.39 is 0 Å². The van der Waals surface area contributed by atoms with Gasteiger partial charge in [0.2, 0.25) is 5.78 Å². The average Bonchev–Trinajstić information content (AvgIpc) is 2.96. The van der Waals surface area contributed by atoms with Crippen molar-refractivity contribution in [2.45, 2.75) is 38.6 Å². The van der Waals surface area contributed by atoms with E-state index in [0.717, 1.165) is 33.2 Å². The van der Waals surface area contributed by atoms with E-state index in [0.29, 0.717) is 6.04 Å². The average molecular weight is 385 g/mol. The van der Waals surface area contributed by atoms with Crippen LogP contribution in [-0.2, 0) is 0 Å². The zero-order chi connectivity index (χ0) is 16.5. The van der Waals surface area contributed by atoms with E-state index >= 15 is 0 Å². The maximum atomic E-state index is 4.77. The summed E-state index contributed by atoms with van der Waals surface area (Å²) >= 11 is 3.56. The van der Waals surface area contributed by atoms with Crippen molar-refractivity contribution >= 4 is 27.5 Å². The van der Waals surface area contributed by atoms with Crippen LogP contribution in [0, 0.1) is 5.92 Å². The van der Waals surface area contributed by atoms with E-state index in [-0.39, 0.29) is 0 Å². The van der Waals surface area contributed by atoms with Gasteiger partial charge in [0.25, 0.3) is 0 Å². The topological polar surface area (TPSA) is 42.2 Å². The van der Waals surface area contributed by atoms with Crippen LogP contribution in [0.15, 0.2) is 47.2 Å². The molecule has 0 saturated heterocycles. The van der Waals surface area contributed by atoms with Crippen molar-refractivity contribution in [3.8, 4) is 11.3 Å².